The van der Waals surface area contributed by atoms with Crippen LogP contribution in [-0.4, -0.2) is 12.9 Å². The van der Waals surface area contributed by atoms with Crippen LogP contribution in [0.4, 0.5) is 0 Å². The second-order valence-electron chi connectivity index (χ2n) is 4.06. The molecule has 0 amide bonds. The largest absolute Gasteiger partial charge is 0.496 e. The van der Waals surface area contributed by atoms with Gasteiger partial charge in [0.1, 0.15) is 5.75 Å². The molecule has 1 aromatic rings. The Labute approximate surface area is 95.9 Å². The number of methoxy groups -OCH3 is 1. The van der Waals surface area contributed by atoms with Crippen LogP contribution < -0.4 is 4.74 Å². The maximum atomic E-state index is 12.1. The smallest absolute Gasteiger partial charge is 0.166 e. The summed E-state index contributed by atoms with van der Waals surface area (Å²) in [4.78, 5) is 12.1. The minimum Gasteiger partial charge on any atom is -0.496 e. The van der Waals surface area contributed by atoms with Crippen molar-refractivity contribution in [1.29, 1.82) is 0 Å². The van der Waals surface area contributed by atoms with E-state index < -0.39 is 0 Å². The number of rotatable bonds is 3. The molecule has 0 bridgehead atoms. The van der Waals surface area contributed by atoms with E-state index in [9.17, 15) is 4.79 Å². The lowest BCUT2D eigenvalue weighted by atomic mass is 10.0. The molecular weight excluding hydrogens is 200 g/mol. The summed E-state index contributed by atoms with van der Waals surface area (Å²) in [6.45, 7) is 1.98. The van der Waals surface area contributed by atoms with Gasteiger partial charge in [0.25, 0.3) is 0 Å². The summed E-state index contributed by atoms with van der Waals surface area (Å²) in [6.07, 6.45) is 5.68. The van der Waals surface area contributed by atoms with Gasteiger partial charge >= 0.3 is 0 Å². The number of carbonyl (C=O) groups excluding carboxylic acids is 1. The van der Waals surface area contributed by atoms with Crippen LogP contribution in [0.1, 0.15) is 29.3 Å². The van der Waals surface area contributed by atoms with E-state index in [0.29, 0.717) is 0 Å². The molecule has 1 aliphatic carbocycles. The average molecular weight is 216 g/mol. The van der Waals surface area contributed by atoms with Crippen molar-refractivity contribution in [2.24, 2.45) is 5.92 Å². The highest BCUT2D eigenvalue weighted by Gasteiger charge is 2.31. The number of hydrogen-bond acceptors (Lipinski definition) is 2. The van der Waals surface area contributed by atoms with Gasteiger partial charge in [-0.2, -0.15) is 0 Å². The monoisotopic (exact) mass is 216 g/mol. The zero-order valence-electron chi connectivity index (χ0n) is 9.69. The van der Waals surface area contributed by atoms with Crippen LogP contribution in [-0.2, 0) is 6.42 Å². The molecule has 2 rings (SSSR count). The van der Waals surface area contributed by atoms with Gasteiger partial charge in [-0.1, -0.05) is 24.3 Å². The molecule has 2 heteroatoms. The van der Waals surface area contributed by atoms with E-state index >= 15 is 0 Å². The molecule has 0 fully saturated rings. The Kier molecular flexibility index (Phi) is 3.09. The van der Waals surface area contributed by atoms with Crippen LogP contribution >= 0.6 is 0 Å². The number of hydrogen-bond donors (Lipinski definition) is 0. The van der Waals surface area contributed by atoms with E-state index in [1.165, 1.54) is 0 Å². The summed E-state index contributed by atoms with van der Waals surface area (Å²) in [6, 6.07) is 5.70. The lowest BCUT2D eigenvalue weighted by Gasteiger charge is -2.05. The second-order valence-corrected chi connectivity index (χ2v) is 4.06. The first kappa shape index (κ1) is 10.9. The normalized spacial score (nSPS) is 19.1. The molecule has 0 aromatic heterocycles. The van der Waals surface area contributed by atoms with Crippen molar-refractivity contribution in [3.05, 3.63) is 41.5 Å². The molecule has 1 atom stereocenters. The molecule has 84 valence electrons. The van der Waals surface area contributed by atoms with E-state index in [-0.39, 0.29) is 11.7 Å². The molecule has 0 radical (unpaired) electrons. The van der Waals surface area contributed by atoms with Gasteiger partial charge in [0.15, 0.2) is 5.78 Å². The number of ether oxygens (including phenoxy) is 1. The molecule has 1 aliphatic rings. The summed E-state index contributed by atoms with van der Waals surface area (Å²) in [5.74, 6) is 1.20. The lowest BCUT2D eigenvalue weighted by Crippen LogP contribution is -2.07. The first-order chi connectivity index (χ1) is 7.77. The Morgan fingerprint density at radius 1 is 1.50 bits per heavy atom. The summed E-state index contributed by atoms with van der Waals surface area (Å²) in [5.41, 5.74) is 1.92. The summed E-state index contributed by atoms with van der Waals surface area (Å²) in [5, 5.41) is 0. The minimum absolute atomic E-state index is 0.0995. The average Bonchev–Trinajstić information content (AvgIpc) is 2.64. The zero-order chi connectivity index (χ0) is 11.5. The SMILES string of the molecule is CC=CC[C@H]1Cc2c(OC)cccc2C1=O. The molecule has 16 heavy (non-hydrogen) atoms. The molecule has 0 aliphatic heterocycles. The summed E-state index contributed by atoms with van der Waals surface area (Å²) < 4.78 is 5.29. The van der Waals surface area contributed by atoms with Crippen molar-refractivity contribution in [3.63, 3.8) is 0 Å². The number of ketones is 1. The number of Topliss-reactive ketones (excluding diaryl/α,β-unsaturated/α-hetero) is 1. The first-order valence-corrected chi connectivity index (χ1v) is 5.59. The lowest BCUT2D eigenvalue weighted by molar-refractivity contribution is 0.0938. The highest BCUT2D eigenvalue weighted by atomic mass is 16.5. The van der Waals surface area contributed by atoms with Crippen LogP contribution in [0.3, 0.4) is 0 Å². The summed E-state index contributed by atoms with van der Waals surface area (Å²) in [7, 11) is 1.65. The number of allylic oxidation sites excluding steroid dienone is 2. The van der Waals surface area contributed by atoms with Crippen LogP contribution in [0.2, 0.25) is 0 Å². The summed E-state index contributed by atoms with van der Waals surface area (Å²) >= 11 is 0. The van der Waals surface area contributed by atoms with Gasteiger partial charge in [0.2, 0.25) is 0 Å². The van der Waals surface area contributed by atoms with Gasteiger partial charge in [-0.3, -0.25) is 4.79 Å². The Hall–Kier alpha value is -1.57. The third-order valence-electron chi connectivity index (χ3n) is 3.10. The highest BCUT2D eigenvalue weighted by molar-refractivity contribution is 6.03. The van der Waals surface area contributed by atoms with Crippen LogP contribution in [0.15, 0.2) is 30.4 Å². The standard InChI is InChI=1S/C14H16O2/c1-3-4-6-10-9-12-11(14(10)15)7-5-8-13(12)16-2/h3-5,7-8,10H,6,9H2,1-2H3/t10-/m0/s1. The van der Waals surface area contributed by atoms with Crippen molar-refractivity contribution >= 4 is 5.78 Å². The van der Waals surface area contributed by atoms with Crippen LogP contribution in [0, 0.1) is 5.92 Å². The van der Waals surface area contributed by atoms with Gasteiger partial charge in [-0.25, -0.2) is 0 Å². The molecule has 0 heterocycles. The van der Waals surface area contributed by atoms with Gasteiger partial charge in [0, 0.05) is 17.0 Å². The van der Waals surface area contributed by atoms with Crippen LogP contribution in [0.5, 0.6) is 5.75 Å². The molecule has 0 saturated carbocycles. The molecule has 0 saturated heterocycles. The van der Waals surface area contributed by atoms with Gasteiger partial charge in [0.05, 0.1) is 7.11 Å². The third-order valence-corrected chi connectivity index (χ3v) is 3.10. The second kappa shape index (κ2) is 4.52. The molecular formula is C14H16O2. The van der Waals surface area contributed by atoms with Crippen molar-refractivity contribution in [2.45, 2.75) is 19.8 Å². The van der Waals surface area contributed by atoms with E-state index in [2.05, 4.69) is 6.08 Å². The third kappa shape index (κ3) is 1.75. The minimum atomic E-state index is 0.0995. The van der Waals surface area contributed by atoms with Gasteiger partial charge in [-0.15, -0.1) is 0 Å². The van der Waals surface area contributed by atoms with Crippen molar-refractivity contribution < 1.29 is 9.53 Å². The molecule has 2 nitrogen and oxygen atoms in total. The maximum Gasteiger partial charge on any atom is 0.166 e. The predicted molar refractivity (Wildman–Crippen MR) is 63.9 cm³/mol. The fourth-order valence-corrected chi connectivity index (χ4v) is 2.25. The molecule has 0 N–H and O–H groups in total. The van der Waals surface area contributed by atoms with E-state index in [0.717, 1.165) is 29.7 Å². The van der Waals surface area contributed by atoms with E-state index in [1.807, 2.05) is 31.2 Å². The zero-order valence-corrected chi connectivity index (χ0v) is 9.69. The van der Waals surface area contributed by atoms with Crippen molar-refractivity contribution in [1.82, 2.24) is 0 Å². The Bertz CT molecular complexity index is 432. The fraction of sp³-hybridized carbons (Fsp3) is 0.357. The Morgan fingerprint density at radius 2 is 2.31 bits per heavy atom. The quantitative estimate of drug-likeness (QED) is 0.726. The Balaban J connectivity index is 2.30. The maximum absolute atomic E-state index is 12.1. The van der Waals surface area contributed by atoms with Crippen molar-refractivity contribution in [2.75, 3.05) is 7.11 Å². The molecule has 0 spiro atoms. The topological polar surface area (TPSA) is 26.3 Å². The van der Waals surface area contributed by atoms with E-state index in [1.54, 1.807) is 7.11 Å². The molecule has 0 unspecified atom stereocenters. The molecule has 1 aromatic carbocycles. The number of benzene rings is 1. The van der Waals surface area contributed by atoms with Crippen LogP contribution in [0.25, 0.3) is 0 Å². The number of fused-ring (bicyclic) bond motifs is 1. The fourth-order valence-electron chi connectivity index (χ4n) is 2.25. The highest BCUT2D eigenvalue weighted by Crippen LogP contribution is 2.35. The number of carbonyl (C=O) groups is 1. The van der Waals surface area contributed by atoms with Gasteiger partial charge in [-0.05, 0) is 25.8 Å². The van der Waals surface area contributed by atoms with Gasteiger partial charge < -0.3 is 4.74 Å². The first-order valence-electron chi connectivity index (χ1n) is 5.59. The Morgan fingerprint density at radius 3 is 3.00 bits per heavy atom. The predicted octanol–water partition coefficient (Wildman–Crippen LogP) is 3.02. The van der Waals surface area contributed by atoms with Crippen molar-refractivity contribution in [3.8, 4) is 5.75 Å². The van der Waals surface area contributed by atoms with E-state index in [4.69, 9.17) is 4.74 Å².